The average Bonchev–Trinajstić information content (AvgIpc) is 2.01. The van der Waals surface area contributed by atoms with Crippen LogP contribution in [-0.2, 0) is 0 Å². The van der Waals surface area contributed by atoms with E-state index in [2.05, 4.69) is 0 Å². The Kier molecular flexibility index (Phi) is 6.41. The van der Waals surface area contributed by atoms with Gasteiger partial charge in [0.25, 0.3) is 0 Å². The summed E-state index contributed by atoms with van der Waals surface area (Å²) in [5.41, 5.74) is -1.40. The van der Waals surface area contributed by atoms with Crippen molar-refractivity contribution in [3.63, 3.8) is 0 Å². The first kappa shape index (κ1) is 12.5. The average molecular weight is 169 g/mol. The third kappa shape index (κ3) is 2.96. The quantitative estimate of drug-likeness (QED) is 0.544. The van der Waals surface area contributed by atoms with E-state index < -0.39 is 5.41 Å². The molecule has 5 heteroatoms. The third-order valence-electron chi connectivity index (χ3n) is 1.01. The highest BCUT2D eigenvalue weighted by Gasteiger charge is 2.28. The molecule has 2 N–H and O–H groups in total. The molecule has 58 valence electrons. The lowest BCUT2D eigenvalue weighted by atomic mass is 9.97. The van der Waals surface area contributed by atoms with Crippen molar-refractivity contribution < 1.29 is 5.48 Å². The summed E-state index contributed by atoms with van der Waals surface area (Å²) in [6.45, 7) is 1.86. The van der Waals surface area contributed by atoms with Crippen LogP contribution in [0.15, 0.2) is 0 Å². The third-order valence-corrected chi connectivity index (χ3v) is 1.90. The molecular formula is C6H8N3OP. The van der Waals surface area contributed by atoms with Gasteiger partial charge >= 0.3 is 0 Å². The molecule has 11 heavy (non-hydrogen) atoms. The van der Waals surface area contributed by atoms with Crippen molar-refractivity contribution in [2.75, 3.05) is 12.8 Å². The number of nitrogens with zero attached hydrogens (tertiary/aromatic N) is 3. The first-order valence-corrected chi connectivity index (χ1v) is 4.34. The van der Waals surface area contributed by atoms with E-state index in [1.807, 2.05) is 6.66 Å². The van der Waals surface area contributed by atoms with E-state index in [0.717, 1.165) is 0 Å². The highest BCUT2D eigenvalue weighted by atomic mass is 31.1. The Hall–Kier alpha value is -1.14. The van der Waals surface area contributed by atoms with Gasteiger partial charge in [-0.15, -0.1) is 8.58 Å². The lowest BCUT2D eigenvalue weighted by Gasteiger charge is -2.04. The van der Waals surface area contributed by atoms with Crippen LogP contribution in [0.25, 0.3) is 0 Å². The summed E-state index contributed by atoms with van der Waals surface area (Å²) in [5.74, 6) is 0. The summed E-state index contributed by atoms with van der Waals surface area (Å²) >= 11 is 0. The molecule has 0 saturated heterocycles. The maximum atomic E-state index is 8.42. The van der Waals surface area contributed by atoms with Crippen molar-refractivity contribution in [1.82, 2.24) is 0 Å². The van der Waals surface area contributed by atoms with E-state index in [1.165, 1.54) is 0 Å². The molecule has 0 spiro atoms. The molecule has 0 aliphatic carbocycles. The van der Waals surface area contributed by atoms with Gasteiger partial charge in [0, 0.05) is 6.16 Å². The van der Waals surface area contributed by atoms with Crippen molar-refractivity contribution in [1.29, 1.82) is 15.8 Å². The van der Waals surface area contributed by atoms with Crippen molar-refractivity contribution in [2.45, 2.75) is 0 Å². The van der Waals surface area contributed by atoms with E-state index in [9.17, 15) is 0 Å². The fraction of sp³-hybridized carbons (Fsp3) is 0.500. The highest BCUT2D eigenvalue weighted by molar-refractivity contribution is 7.37. The standard InChI is InChI=1S/C6H6N3P.H2O/c1-10-5-6(2-7,3-8)4-9;/h10H,5H2,1H3;1H2. The van der Waals surface area contributed by atoms with Crippen molar-refractivity contribution in [2.24, 2.45) is 5.41 Å². The molecule has 1 unspecified atom stereocenters. The van der Waals surface area contributed by atoms with Gasteiger partial charge in [-0.2, -0.15) is 15.8 Å². The lowest BCUT2D eigenvalue weighted by Crippen LogP contribution is -2.15. The number of hydrogen-bond donors (Lipinski definition) is 0. The molecule has 4 nitrogen and oxygen atoms in total. The fourth-order valence-corrected chi connectivity index (χ4v) is 1.23. The van der Waals surface area contributed by atoms with Crippen LogP contribution in [0.3, 0.4) is 0 Å². The molecule has 0 aromatic carbocycles. The summed E-state index contributed by atoms with van der Waals surface area (Å²) in [6, 6.07) is 5.10. The SMILES string of the molecule is CPCC(C#N)(C#N)C#N.O. The first-order valence-electron chi connectivity index (χ1n) is 2.63. The predicted octanol–water partition coefficient (Wildman–Crippen LogP) is 0.0271. The number of nitriles is 3. The zero-order chi connectivity index (χ0) is 8.04. The summed E-state index contributed by atoms with van der Waals surface area (Å²) in [4.78, 5) is 0. The van der Waals surface area contributed by atoms with Gasteiger partial charge < -0.3 is 5.48 Å². The van der Waals surface area contributed by atoms with Crippen molar-refractivity contribution >= 4 is 8.58 Å². The minimum atomic E-state index is -1.40. The Bertz CT molecular complexity index is 196. The second-order valence-electron chi connectivity index (χ2n) is 1.77. The van der Waals surface area contributed by atoms with Gasteiger partial charge in [0.05, 0.1) is 0 Å². The summed E-state index contributed by atoms with van der Waals surface area (Å²) < 4.78 is 0. The van der Waals surface area contributed by atoms with Gasteiger partial charge in [-0.25, -0.2) is 0 Å². The summed E-state index contributed by atoms with van der Waals surface area (Å²) in [5, 5.41) is 25.3. The van der Waals surface area contributed by atoms with E-state index >= 15 is 0 Å². The Morgan fingerprint density at radius 1 is 1.18 bits per heavy atom. The predicted molar refractivity (Wildman–Crippen MR) is 42.0 cm³/mol. The van der Waals surface area contributed by atoms with Gasteiger partial charge in [-0.3, -0.25) is 0 Å². The minimum Gasteiger partial charge on any atom is -0.412 e. The molecule has 0 heterocycles. The Morgan fingerprint density at radius 3 is 1.64 bits per heavy atom. The largest absolute Gasteiger partial charge is 0.412 e. The van der Waals surface area contributed by atoms with Crippen LogP contribution in [0, 0.1) is 39.4 Å². The van der Waals surface area contributed by atoms with Crippen LogP contribution in [0.5, 0.6) is 0 Å². The number of rotatable bonds is 2. The second-order valence-corrected chi connectivity index (χ2v) is 2.83. The van der Waals surface area contributed by atoms with Gasteiger partial charge in [-0.05, 0) is 6.66 Å². The zero-order valence-corrected chi connectivity index (χ0v) is 7.05. The minimum absolute atomic E-state index is 0. The molecule has 0 aromatic heterocycles. The molecule has 0 amide bonds. The Morgan fingerprint density at radius 2 is 1.55 bits per heavy atom. The first-order chi connectivity index (χ1) is 4.74. The molecule has 0 bridgehead atoms. The molecule has 0 aromatic rings. The smallest absolute Gasteiger partial charge is 0.232 e. The van der Waals surface area contributed by atoms with Crippen LogP contribution in [0.1, 0.15) is 0 Å². The Labute approximate surface area is 67.1 Å². The normalized spacial score (nSPS) is 9.27. The molecule has 0 radical (unpaired) electrons. The van der Waals surface area contributed by atoms with E-state index in [0.29, 0.717) is 14.7 Å². The maximum Gasteiger partial charge on any atom is 0.232 e. The van der Waals surface area contributed by atoms with Gasteiger partial charge in [0.1, 0.15) is 18.2 Å². The highest BCUT2D eigenvalue weighted by Crippen LogP contribution is 2.21. The summed E-state index contributed by atoms with van der Waals surface area (Å²) in [6.07, 6.45) is 0.358. The zero-order valence-electron chi connectivity index (χ0n) is 6.05. The lowest BCUT2D eigenvalue weighted by molar-refractivity contribution is 0.785. The van der Waals surface area contributed by atoms with E-state index in [1.54, 1.807) is 18.2 Å². The summed E-state index contributed by atoms with van der Waals surface area (Å²) in [7, 11) is 0.462. The molecule has 0 saturated carbocycles. The van der Waals surface area contributed by atoms with Crippen LogP contribution in [-0.4, -0.2) is 18.3 Å². The van der Waals surface area contributed by atoms with Gasteiger partial charge in [-0.1, -0.05) is 0 Å². The van der Waals surface area contributed by atoms with Gasteiger partial charge in [0.15, 0.2) is 0 Å². The fourth-order valence-electron chi connectivity index (χ4n) is 0.459. The van der Waals surface area contributed by atoms with E-state index in [4.69, 9.17) is 15.8 Å². The maximum absolute atomic E-state index is 8.42. The van der Waals surface area contributed by atoms with E-state index in [-0.39, 0.29) is 5.48 Å². The van der Waals surface area contributed by atoms with Crippen LogP contribution in [0.4, 0.5) is 0 Å². The molecule has 0 aliphatic rings. The number of hydrogen-bond acceptors (Lipinski definition) is 3. The molecule has 0 aliphatic heterocycles. The van der Waals surface area contributed by atoms with Crippen LogP contribution in [0.2, 0.25) is 0 Å². The second kappa shape index (κ2) is 5.63. The molecular weight excluding hydrogens is 161 g/mol. The van der Waals surface area contributed by atoms with Crippen molar-refractivity contribution in [3.05, 3.63) is 0 Å². The van der Waals surface area contributed by atoms with Crippen LogP contribution < -0.4 is 0 Å². The van der Waals surface area contributed by atoms with Gasteiger partial charge in [0.2, 0.25) is 5.41 Å². The Balaban J connectivity index is 0. The monoisotopic (exact) mass is 169 g/mol. The molecule has 0 rings (SSSR count). The topological polar surface area (TPSA) is 103 Å². The van der Waals surface area contributed by atoms with Crippen LogP contribution >= 0.6 is 8.58 Å². The van der Waals surface area contributed by atoms with Crippen molar-refractivity contribution in [3.8, 4) is 18.2 Å². The molecule has 1 atom stereocenters. The molecule has 0 fully saturated rings.